The Morgan fingerprint density at radius 1 is 0.648 bits per heavy atom. The monoisotopic (exact) mass is 1000 g/mol. The highest BCUT2D eigenvalue weighted by Crippen LogP contribution is 2.40. The molecule has 0 bridgehead atoms. The van der Waals surface area contributed by atoms with Crippen molar-refractivity contribution in [1.29, 1.82) is 0 Å². The number of aromatic nitrogens is 5. The SMILES string of the molecule is CC(C)(C)c1nc2cc(C(=O)N3CCC(C(=O)Nc4nccs4)CC3)ccc2n1CC1CCC(F)(F)CC1.CC(C)(C)c1nc2cc(C(=O)N3CCC(C(=O)O)CC3)ccc2n1CC1CCC(F)(F)CC1. The summed E-state index contributed by atoms with van der Waals surface area (Å²) in [7, 11) is 0. The van der Waals surface area contributed by atoms with Crippen LogP contribution < -0.4 is 5.32 Å². The summed E-state index contributed by atoms with van der Waals surface area (Å²) in [6.07, 6.45) is 5.56. The number of carboxylic acids is 1. The molecule has 3 aromatic heterocycles. The highest BCUT2D eigenvalue weighted by atomic mass is 32.1. The van der Waals surface area contributed by atoms with Gasteiger partial charge in [-0.05, 0) is 99.6 Å². The highest BCUT2D eigenvalue weighted by molar-refractivity contribution is 7.13. The van der Waals surface area contributed by atoms with Crippen molar-refractivity contribution in [1.82, 2.24) is 33.9 Å². The largest absolute Gasteiger partial charge is 0.481 e. The third-order valence-electron chi connectivity index (χ3n) is 14.8. The molecule has 3 amide bonds. The number of hydrogen-bond acceptors (Lipinski definition) is 8. The Balaban J connectivity index is 0.000000192. The summed E-state index contributed by atoms with van der Waals surface area (Å²) in [6.45, 7) is 15.7. The summed E-state index contributed by atoms with van der Waals surface area (Å²) in [5, 5.41) is 14.5. The minimum absolute atomic E-state index is 0.0459. The molecule has 384 valence electrons. The van der Waals surface area contributed by atoms with E-state index in [0.717, 1.165) is 33.7 Å². The minimum Gasteiger partial charge on any atom is -0.481 e. The molecular formula is C53H68F4N8O5S. The molecule has 2 saturated carbocycles. The van der Waals surface area contributed by atoms with Gasteiger partial charge in [-0.3, -0.25) is 19.2 Å². The number of anilines is 1. The molecule has 0 unspecified atom stereocenters. The fourth-order valence-corrected chi connectivity index (χ4v) is 11.2. The molecule has 2 aromatic carbocycles. The number of nitrogens with one attached hydrogen (secondary N) is 1. The zero-order chi connectivity index (χ0) is 51.0. The maximum absolute atomic E-state index is 13.7. The summed E-state index contributed by atoms with van der Waals surface area (Å²) in [5.74, 6) is -4.48. The molecule has 71 heavy (non-hydrogen) atoms. The van der Waals surface area contributed by atoms with Gasteiger partial charge in [0.15, 0.2) is 5.13 Å². The Kier molecular flexibility index (Phi) is 15.1. The van der Waals surface area contributed by atoms with Gasteiger partial charge in [-0.1, -0.05) is 41.5 Å². The fraction of sp³-hybridized carbons (Fsp3) is 0.604. The maximum Gasteiger partial charge on any atom is 0.306 e. The minimum atomic E-state index is -2.55. The standard InChI is InChI=1S/C28H35F2N5O2S.C25H33F2N3O3/c1-27(2,3)25-32-21-16-20(4-5-22(21)35(25)17-18-6-10-28(29,30)11-7-18)24(37)34-13-8-19(9-14-34)23(36)33-26-31-12-15-38-26;1-24(2,3)23-28-19-14-18(21(31)29-12-8-17(9-13-29)22(32)33)4-5-20(19)30(23)15-16-6-10-25(26,27)11-7-16/h4-5,12,15-16,18-19H,6-11,13-14,17H2,1-3H3,(H,31,33,36);4-5,14,16-17H,6-13,15H2,1-3H3,(H,32,33). The van der Waals surface area contributed by atoms with Crippen LogP contribution in [0.2, 0.25) is 0 Å². The molecule has 4 aliphatic rings. The number of hydrogen-bond donors (Lipinski definition) is 2. The molecule has 2 N–H and O–H groups in total. The van der Waals surface area contributed by atoms with Crippen molar-refractivity contribution in [2.24, 2.45) is 23.7 Å². The zero-order valence-electron chi connectivity index (χ0n) is 41.8. The van der Waals surface area contributed by atoms with Crippen LogP contribution in [0.1, 0.15) is 151 Å². The topological polar surface area (TPSA) is 156 Å². The van der Waals surface area contributed by atoms with E-state index in [4.69, 9.17) is 9.97 Å². The molecule has 13 nitrogen and oxygen atoms in total. The third kappa shape index (κ3) is 12.3. The number of halogens is 4. The molecule has 9 rings (SSSR count). The van der Waals surface area contributed by atoms with E-state index in [2.05, 4.69) is 61.0 Å². The van der Waals surface area contributed by atoms with Crippen LogP contribution in [0.4, 0.5) is 22.7 Å². The number of rotatable bonds is 9. The van der Waals surface area contributed by atoms with Gasteiger partial charge in [0.25, 0.3) is 11.8 Å². The Hall–Kier alpha value is -5.39. The number of likely N-dealkylation sites (tertiary alicyclic amines) is 2. The van der Waals surface area contributed by atoms with E-state index in [9.17, 15) is 41.8 Å². The number of carboxylic acid groups (broad SMARTS) is 1. The number of aliphatic carboxylic acids is 1. The second-order valence-electron chi connectivity index (χ2n) is 22.4. The molecule has 2 aliphatic carbocycles. The van der Waals surface area contributed by atoms with E-state index >= 15 is 0 Å². The van der Waals surface area contributed by atoms with Gasteiger partial charge in [0.2, 0.25) is 17.8 Å². The van der Waals surface area contributed by atoms with Gasteiger partial charge in [-0.25, -0.2) is 32.5 Å². The van der Waals surface area contributed by atoms with Crippen LogP contribution in [0.5, 0.6) is 0 Å². The number of thiazole rings is 1. The van der Waals surface area contributed by atoms with E-state index in [1.165, 1.54) is 11.3 Å². The lowest BCUT2D eigenvalue weighted by Gasteiger charge is -2.31. The molecule has 0 atom stereocenters. The Bertz CT molecular complexity index is 2710. The Morgan fingerprint density at radius 2 is 1.06 bits per heavy atom. The van der Waals surface area contributed by atoms with Crippen LogP contribution >= 0.6 is 11.3 Å². The predicted molar refractivity (Wildman–Crippen MR) is 266 cm³/mol. The van der Waals surface area contributed by atoms with E-state index in [0.29, 0.717) is 107 Å². The van der Waals surface area contributed by atoms with E-state index in [1.807, 2.05) is 35.7 Å². The van der Waals surface area contributed by atoms with Crippen molar-refractivity contribution in [3.8, 4) is 0 Å². The second-order valence-corrected chi connectivity index (χ2v) is 23.3. The Morgan fingerprint density at radius 3 is 1.42 bits per heavy atom. The third-order valence-corrected chi connectivity index (χ3v) is 15.5. The summed E-state index contributed by atoms with van der Waals surface area (Å²) < 4.78 is 59.0. The molecule has 4 fully saturated rings. The molecule has 2 saturated heterocycles. The molecule has 18 heteroatoms. The average molecular weight is 1010 g/mol. The summed E-state index contributed by atoms with van der Waals surface area (Å²) >= 11 is 1.39. The van der Waals surface area contributed by atoms with Gasteiger partial charge in [-0.15, -0.1) is 11.3 Å². The van der Waals surface area contributed by atoms with Gasteiger partial charge in [0.1, 0.15) is 11.6 Å². The van der Waals surface area contributed by atoms with Crippen molar-refractivity contribution in [2.45, 2.75) is 154 Å². The number of imidazole rings is 2. The smallest absolute Gasteiger partial charge is 0.306 e. The van der Waals surface area contributed by atoms with Crippen LogP contribution in [0.15, 0.2) is 48.0 Å². The number of carbonyl (C=O) groups is 4. The number of nitrogens with zero attached hydrogens (tertiary/aromatic N) is 7. The Labute approximate surface area is 416 Å². The molecule has 5 heterocycles. The fourth-order valence-electron chi connectivity index (χ4n) is 10.7. The number of alkyl halides is 4. The van der Waals surface area contributed by atoms with Crippen molar-refractivity contribution in [3.05, 3.63) is 70.8 Å². The molecule has 0 spiro atoms. The molecule has 0 radical (unpaired) electrons. The van der Waals surface area contributed by atoms with Gasteiger partial charge in [0, 0.05) is 104 Å². The second kappa shape index (κ2) is 20.6. The van der Waals surface area contributed by atoms with Crippen LogP contribution in [-0.4, -0.2) is 101 Å². The summed E-state index contributed by atoms with van der Waals surface area (Å²) in [4.78, 5) is 67.6. The van der Waals surface area contributed by atoms with Crippen molar-refractivity contribution in [2.75, 3.05) is 31.5 Å². The van der Waals surface area contributed by atoms with Crippen LogP contribution in [0.25, 0.3) is 22.1 Å². The normalized spacial score (nSPS) is 19.7. The summed E-state index contributed by atoms with van der Waals surface area (Å²) in [6, 6.07) is 11.1. The van der Waals surface area contributed by atoms with Gasteiger partial charge in [-0.2, -0.15) is 0 Å². The average Bonchev–Trinajstić information content (AvgIpc) is 4.08. The lowest BCUT2D eigenvalue weighted by Crippen LogP contribution is -2.41. The van der Waals surface area contributed by atoms with Crippen LogP contribution in [-0.2, 0) is 33.5 Å². The molecule has 5 aromatic rings. The van der Waals surface area contributed by atoms with Crippen LogP contribution in [0, 0.1) is 23.7 Å². The maximum atomic E-state index is 13.7. The van der Waals surface area contributed by atoms with Crippen LogP contribution in [0.3, 0.4) is 0 Å². The van der Waals surface area contributed by atoms with E-state index in [1.54, 1.807) is 22.1 Å². The molecule has 2 aliphatic heterocycles. The van der Waals surface area contributed by atoms with Crippen molar-refractivity contribution >= 4 is 62.2 Å². The first kappa shape index (κ1) is 51.9. The van der Waals surface area contributed by atoms with Crippen molar-refractivity contribution < 1.29 is 41.8 Å². The zero-order valence-corrected chi connectivity index (χ0v) is 42.6. The predicted octanol–water partition coefficient (Wildman–Crippen LogP) is 11.2. The lowest BCUT2D eigenvalue weighted by atomic mass is 9.86. The van der Waals surface area contributed by atoms with Gasteiger partial charge < -0.3 is 29.4 Å². The molecular weight excluding hydrogens is 937 g/mol. The number of fused-ring (bicyclic) bond motifs is 2. The number of amides is 3. The first-order valence-corrected chi connectivity index (χ1v) is 26.1. The van der Waals surface area contributed by atoms with E-state index in [-0.39, 0.29) is 77.9 Å². The number of carbonyl (C=O) groups excluding carboxylic acids is 3. The van der Waals surface area contributed by atoms with Gasteiger partial charge >= 0.3 is 5.97 Å². The quantitative estimate of drug-likeness (QED) is 0.138. The highest BCUT2D eigenvalue weighted by Gasteiger charge is 2.38. The van der Waals surface area contributed by atoms with Gasteiger partial charge in [0.05, 0.1) is 28.0 Å². The van der Waals surface area contributed by atoms with E-state index < -0.39 is 17.8 Å². The lowest BCUT2D eigenvalue weighted by molar-refractivity contribution is -0.143. The number of piperidine rings is 2. The van der Waals surface area contributed by atoms with Crippen molar-refractivity contribution in [3.63, 3.8) is 0 Å². The summed E-state index contributed by atoms with van der Waals surface area (Å²) in [5.41, 5.74) is 3.97. The first-order chi connectivity index (χ1) is 33.4. The first-order valence-electron chi connectivity index (χ1n) is 25.2. The number of benzene rings is 2.